The Bertz CT molecular complexity index is 206. The van der Waals surface area contributed by atoms with Gasteiger partial charge < -0.3 is 0 Å². The van der Waals surface area contributed by atoms with Crippen LogP contribution < -0.4 is 0 Å². The largest absolute Gasteiger partial charge is 0.299 e. The highest BCUT2D eigenvalue weighted by Gasteiger charge is 2.22. The van der Waals surface area contributed by atoms with E-state index in [4.69, 9.17) is 0 Å². The normalized spacial score (nSPS) is 26.1. The van der Waals surface area contributed by atoms with Crippen molar-refractivity contribution < 1.29 is 0 Å². The van der Waals surface area contributed by atoms with Gasteiger partial charge in [-0.15, -0.1) is 0 Å². The van der Waals surface area contributed by atoms with E-state index in [-0.39, 0.29) is 0 Å². The van der Waals surface area contributed by atoms with Gasteiger partial charge in [0, 0.05) is 18.8 Å². The maximum absolute atomic E-state index is 4.30. The maximum atomic E-state index is 4.30. The molecule has 1 aliphatic rings. The number of hydrogen-bond donors (Lipinski definition) is 0. The summed E-state index contributed by atoms with van der Waals surface area (Å²) >= 11 is 0. The Morgan fingerprint density at radius 3 is 2.85 bits per heavy atom. The van der Waals surface area contributed by atoms with E-state index in [9.17, 15) is 0 Å². The lowest BCUT2D eigenvalue weighted by molar-refractivity contribution is 0.351. The van der Waals surface area contributed by atoms with Crippen LogP contribution >= 0.6 is 0 Å². The average molecular weight is 180 g/mol. The number of likely N-dealkylation sites (tertiary alicyclic amines) is 1. The molecule has 0 radical (unpaired) electrons. The van der Waals surface area contributed by atoms with Gasteiger partial charge in [0.25, 0.3) is 0 Å². The van der Waals surface area contributed by atoms with Crippen LogP contribution in [-0.2, 0) is 0 Å². The van der Waals surface area contributed by atoms with E-state index < -0.39 is 0 Å². The number of aliphatic imine (C=N–C) groups is 1. The molecule has 1 atom stereocenters. The highest BCUT2D eigenvalue weighted by atomic mass is 15.1. The van der Waals surface area contributed by atoms with Crippen molar-refractivity contribution in [2.45, 2.75) is 32.7 Å². The summed E-state index contributed by atoms with van der Waals surface area (Å²) in [5.74, 6) is 0. The van der Waals surface area contributed by atoms with E-state index in [1.54, 1.807) is 0 Å². The molecule has 1 fully saturated rings. The molecule has 74 valence electrons. The minimum atomic E-state index is 0.611. The number of likely N-dealkylation sites (N-methyl/N-ethyl adjacent to an activating group) is 1. The minimum Gasteiger partial charge on any atom is -0.299 e. The van der Waals surface area contributed by atoms with E-state index in [0.717, 1.165) is 6.54 Å². The van der Waals surface area contributed by atoms with E-state index in [1.165, 1.54) is 25.0 Å². The fourth-order valence-electron chi connectivity index (χ4n) is 1.88. The number of nitrogens with zero attached hydrogens (tertiary/aromatic N) is 2. The third-order valence-electron chi connectivity index (χ3n) is 2.66. The van der Waals surface area contributed by atoms with Crippen LogP contribution in [0.25, 0.3) is 0 Å². The Kier molecular flexibility index (Phi) is 4.16. The standard InChI is InChI=1S/C11H20N2/c1-4-10(9-12-5-2)11-7-6-8-13(11)3/h4,9,11H,5-8H2,1-3H3/b10-4+,12-9?. The second-order valence-corrected chi connectivity index (χ2v) is 3.56. The Morgan fingerprint density at radius 2 is 2.38 bits per heavy atom. The van der Waals surface area contributed by atoms with E-state index in [2.05, 4.69) is 36.9 Å². The first-order valence-electron chi connectivity index (χ1n) is 5.15. The second-order valence-electron chi connectivity index (χ2n) is 3.56. The van der Waals surface area contributed by atoms with Crippen molar-refractivity contribution in [3.05, 3.63) is 11.6 Å². The number of allylic oxidation sites excluding steroid dienone is 1. The van der Waals surface area contributed by atoms with Crippen molar-refractivity contribution >= 4 is 6.21 Å². The molecule has 1 heterocycles. The van der Waals surface area contributed by atoms with E-state index in [0.29, 0.717) is 6.04 Å². The third-order valence-corrected chi connectivity index (χ3v) is 2.66. The van der Waals surface area contributed by atoms with Gasteiger partial charge in [-0.25, -0.2) is 0 Å². The summed E-state index contributed by atoms with van der Waals surface area (Å²) < 4.78 is 0. The Labute approximate surface area is 81.3 Å². The summed E-state index contributed by atoms with van der Waals surface area (Å²) in [5, 5.41) is 0. The number of hydrogen-bond acceptors (Lipinski definition) is 2. The highest BCUT2D eigenvalue weighted by Crippen LogP contribution is 2.20. The van der Waals surface area contributed by atoms with Crippen molar-refractivity contribution in [1.82, 2.24) is 4.90 Å². The van der Waals surface area contributed by atoms with E-state index in [1.807, 2.05) is 6.21 Å². The Hall–Kier alpha value is -0.630. The van der Waals surface area contributed by atoms with Crippen molar-refractivity contribution in [3.63, 3.8) is 0 Å². The predicted molar refractivity (Wildman–Crippen MR) is 58.4 cm³/mol. The SMILES string of the molecule is C/C=C(\C=NCC)C1CCCN1C. The molecule has 0 N–H and O–H groups in total. The molecule has 0 aromatic rings. The smallest absolute Gasteiger partial charge is 0.0361 e. The van der Waals surface area contributed by atoms with Crippen molar-refractivity contribution in [3.8, 4) is 0 Å². The van der Waals surface area contributed by atoms with Crippen molar-refractivity contribution in [2.75, 3.05) is 20.1 Å². The molecule has 2 nitrogen and oxygen atoms in total. The molecular formula is C11H20N2. The first-order valence-corrected chi connectivity index (χ1v) is 5.15. The molecule has 1 rings (SSSR count). The van der Waals surface area contributed by atoms with Crippen LogP contribution in [0.1, 0.15) is 26.7 Å². The van der Waals surface area contributed by atoms with Gasteiger partial charge in [-0.2, -0.15) is 0 Å². The molecule has 13 heavy (non-hydrogen) atoms. The molecule has 0 bridgehead atoms. The molecule has 0 saturated carbocycles. The van der Waals surface area contributed by atoms with Crippen molar-refractivity contribution in [1.29, 1.82) is 0 Å². The zero-order valence-electron chi connectivity index (χ0n) is 8.95. The zero-order valence-corrected chi connectivity index (χ0v) is 8.95. The van der Waals surface area contributed by atoms with Gasteiger partial charge in [0.2, 0.25) is 0 Å². The lowest BCUT2D eigenvalue weighted by Crippen LogP contribution is -2.27. The van der Waals surface area contributed by atoms with Crippen LogP contribution in [0, 0.1) is 0 Å². The van der Waals surface area contributed by atoms with Crippen LogP contribution in [-0.4, -0.2) is 37.3 Å². The molecular weight excluding hydrogens is 160 g/mol. The molecule has 0 spiro atoms. The summed E-state index contributed by atoms with van der Waals surface area (Å²) in [5.41, 5.74) is 1.38. The lowest BCUT2D eigenvalue weighted by Gasteiger charge is -2.19. The predicted octanol–water partition coefficient (Wildman–Crippen LogP) is 2.12. The fraction of sp³-hybridized carbons (Fsp3) is 0.727. The first kappa shape index (κ1) is 10.5. The number of rotatable bonds is 3. The molecule has 1 saturated heterocycles. The zero-order chi connectivity index (χ0) is 9.68. The summed E-state index contributed by atoms with van der Waals surface area (Å²) in [6.45, 7) is 6.28. The highest BCUT2D eigenvalue weighted by molar-refractivity contribution is 5.80. The monoisotopic (exact) mass is 180 g/mol. The molecule has 0 aliphatic carbocycles. The molecule has 0 aromatic heterocycles. The third kappa shape index (κ3) is 2.66. The lowest BCUT2D eigenvalue weighted by atomic mass is 10.1. The summed E-state index contributed by atoms with van der Waals surface area (Å²) in [7, 11) is 2.20. The van der Waals surface area contributed by atoms with Gasteiger partial charge in [0.1, 0.15) is 0 Å². The summed E-state index contributed by atoms with van der Waals surface area (Å²) in [4.78, 5) is 6.72. The molecule has 2 heteroatoms. The summed E-state index contributed by atoms with van der Waals surface area (Å²) in [6, 6.07) is 0.611. The maximum Gasteiger partial charge on any atom is 0.0361 e. The molecule has 0 aromatic carbocycles. The van der Waals surface area contributed by atoms with Gasteiger partial charge in [0.05, 0.1) is 0 Å². The van der Waals surface area contributed by atoms with Crippen LogP contribution in [0.3, 0.4) is 0 Å². The van der Waals surface area contributed by atoms with Gasteiger partial charge in [-0.05, 0) is 45.9 Å². The van der Waals surface area contributed by atoms with Gasteiger partial charge in [-0.3, -0.25) is 9.89 Å². The minimum absolute atomic E-state index is 0.611. The van der Waals surface area contributed by atoms with Gasteiger partial charge >= 0.3 is 0 Å². The second kappa shape index (κ2) is 5.18. The van der Waals surface area contributed by atoms with Gasteiger partial charge in [0.15, 0.2) is 0 Å². The molecule has 1 aliphatic heterocycles. The van der Waals surface area contributed by atoms with Crippen molar-refractivity contribution in [2.24, 2.45) is 4.99 Å². The average Bonchev–Trinajstić information content (AvgIpc) is 2.54. The van der Waals surface area contributed by atoms with E-state index >= 15 is 0 Å². The quantitative estimate of drug-likeness (QED) is 0.607. The molecule has 0 amide bonds. The van der Waals surface area contributed by atoms with Crippen LogP contribution in [0.4, 0.5) is 0 Å². The fourth-order valence-corrected chi connectivity index (χ4v) is 1.88. The molecule has 1 unspecified atom stereocenters. The van der Waals surface area contributed by atoms with Gasteiger partial charge in [-0.1, -0.05) is 6.08 Å². The topological polar surface area (TPSA) is 15.6 Å². The Morgan fingerprint density at radius 1 is 1.62 bits per heavy atom. The Balaban J connectivity index is 2.61. The van der Waals surface area contributed by atoms with Crippen LogP contribution in [0.5, 0.6) is 0 Å². The first-order chi connectivity index (χ1) is 6.29. The van der Waals surface area contributed by atoms with Crippen LogP contribution in [0.2, 0.25) is 0 Å². The van der Waals surface area contributed by atoms with Crippen LogP contribution in [0.15, 0.2) is 16.6 Å². The summed E-state index contributed by atoms with van der Waals surface area (Å²) in [6.07, 6.45) is 6.82.